The number of aryl methyl sites for hydroxylation is 1. The Bertz CT molecular complexity index is 2320. The number of ether oxygens (including phenoxy) is 1. The van der Waals surface area contributed by atoms with Crippen LogP contribution in [0, 0.1) is 6.92 Å². The van der Waals surface area contributed by atoms with Crippen molar-refractivity contribution in [3.05, 3.63) is 136 Å². The molecule has 0 unspecified atom stereocenters. The highest BCUT2D eigenvalue weighted by atomic mass is 35.5. The van der Waals surface area contributed by atoms with E-state index in [-0.39, 0.29) is 23.9 Å². The second-order valence-corrected chi connectivity index (χ2v) is 10.9. The quantitative estimate of drug-likeness (QED) is 0.185. The molecule has 7 aromatic rings. The summed E-state index contributed by atoms with van der Waals surface area (Å²) in [6.45, 7) is 1.76. The molecule has 7 rings (SSSR count). The van der Waals surface area contributed by atoms with Crippen molar-refractivity contribution in [1.29, 1.82) is 0 Å². The van der Waals surface area contributed by atoms with Gasteiger partial charge >= 0.3 is 0 Å². The number of nitrogens with zero attached hydrogens (tertiary/aromatic N) is 3. The van der Waals surface area contributed by atoms with Gasteiger partial charge in [0.1, 0.15) is 11.3 Å². The van der Waals surface area contributed by atoms with E-state index in [1.807, 2.05) is 67.6 Å². The van der Waals surface area contributed by atoms with Gasteiger partial charge in [-0.2, -0.15) is 9.78 Å². The largest absolute Gasteiger partial charge is 0.483 e. The molecule has 5 aromatic carbocycles. The van der Waals surface area contributed by atoms with Crippen molar-refractivity contribution >= 4 is 62.1 Å². The van der Waals surface area contributed by atoms with Crippen LogP contribution in [0.3, 0.4) is 0 Å². The molecule has 45 heavy (non-hydrogen) atoms. The predicted molar refractivity (Wildman–Crippen MR) is 178 cm³/mol. The Morgan fingerprint density at radius 1 is 0.933 bits per heavy atom. The lowest BCUT2D eigenvalue weighted by Gasteiger charge is -2.13. The summed E-state index contributed by atoms with van der Waals surface area (Å²) < 4.78 is 13.3. The average molecular weight is 613 g/mol. The van der Waals surface area contributed by atoms with Crippen molar-refractivity contribution in [3.63, 3.8) is 0 Å². The monoisotopic (exact) mass is 612 g/mol. The van der Waals surface area contributed by atoms with E-state index in [4.69, 9.17) is 25.7 Å². The van der Waals surface area contributed by atoms with Crippen LogP contribution < -0.4 is 15.6 Å². The molecule has 0 saturated heterocycles. The van der Waals surface area contributed by atoms with E-state index in [1.165, 1.54) is 4.68 Å². The van der Waals surface area contributed by atoms with Crippen LogP contribution in [-0.4, -0.2) is 28.4 Å². The van der Waals surface area contributed by atoms with Gasteiger partial charge in [0.05, 0.1) is 17.1 Å². The number of carbonyl (C=O) groups excluding carboxylic acids is 1. The SMILES string of the molecule is Cc1ccc(NC(=O)COc2ccc3ccccc3c2C=Nn2c(-c3cc4cc(Cl)ccc4o3)nc3ccccc3c2=O)cc1. The van der Waals surface area contributed by atoms with Crippen molar-refractivity contribution in [3.8, 4) is 17.3 Å². The number of halogens is 1. The molecule has 0 aliphatic heterocycles. The summed E-state index contributed by atoms with van der Waals surface area (Å²) in [6, 6.07) is 33.1. The summed E-state index contributed by atoms with van der Waals surface area (Å²) in [7, 11) is 0. The predicted octanol–water partition coefficient (Wildman–Crippen LogP) is 7.82. The van der Waals surface area contributed by atoms with E-state index in [1.54, 1.807) is 54.7 Å². The number of anilines is 1. The lowest BCUT2D eigenvalue weighted by molar-refractivity contribution is -0.118. The van der Waals surface area contributed by atoms with Gasteiger partial charge in [-0.1, -0.05) is 71.8 Å². The zero-order chi connectivity index (χ0) is 30.9. The minimum Gasteiger partial charge on any atom is -0.483 e. The molecule has 1 amide bonds. The number of rotatable bonds is 7. The Balaban J connectivity index is 1.30. The number of para-hydroxylation sites is 1. The van der Waals surface area contributed by atoms with Crippen molar-refractivity contribution in [2.45, 2.75) is 6.92 Å². The first-order chi connectivity index (χ1) is 21.9. The summed E-state index contributed by atoms with van der Waals surface area (Å²) in [5, 5.41) is 11.0. The first-order valence-electron chi connectivity index (χ1n) is 14.2. The maximum atomic E-state index is 13.8. The molecular formula is C36H25ClN4O4. The van der Waals surface area contributed by atoms with Gasteiger partial charge in [0.25, 0.3) is 11.5 Å². The summed E-state index contributed by atoms with van der Waals surface area (Å²) in [6.07, 6.45) is 1.55. The lowest BCUT2D eigenvalue weighted by atomic mass is 10.0. The number of furan rings is 1. The fourth-order valence-electron chi connectivity index (χ4n) is 5.14. The molecule has 0 aliphatic carbocycles. The number of hydrogen-bond donors (Lipinski definition) is 1. The van der Waals surface area contributed by atoms with Crippen LogP contribution in [-0.2, 0) is 4.79 Å². The molecule has 220 valence electrons. The van der Waals surface area contributed by atoms with Crippen LogP contribution >= 0.6 is 11.6 Å². The minimum absolute atomic E-state index is 0.224. The molecule has 0 aliphatic rings. The van der Waals surface area contributed by atoms with Crippen LogP contribution in [0.5, 0.6) is 5.75 Å². The Hall–Kier alpha value is -5.73. The van der Waals surface area contributed by atoms with Crippen molar-refractivity contribution in [1.82, 2.24) is 9.66 Å². The van der Waals surface area contributed by atoms with Crippen LogP contribution in [0.15, 0.2) is 124 Å². The molecule has 0 atom stereocenters. The first kappa shape index (κ1) is 28.1. The van der Waals surface area contributed by atoms with Crippen molar-refractivity contribution in [2.24, 2.45) is 5.10 Å². The van der Waals surface area contributed by atoms with E-state index in [0.29, 0.717) is 44.3 Å². The van der Waals surface area contributed by atoms with E-state index in [0.717, 1.165) is 21.7 Å². The molecular weight excluding hydrogens is 588 g/mol. The van der Waals surface area contributed by atoms with Gasteiger partial charge in [-0.25, -0.2) is 4.98 Å². The summed E-state index contributed by atoms with van der Waals surface area (Å²) >= 11 is 6.21. The molecule has 0 saturated carbocycles. The summed E-state index contributed by atoms with van der Waals surface area (Å²) in [5.41, 5.74) is 3.11. The first-order valence-corrected chi connectivity index (χ1v) is 14.6. The van der Waals surface area contributed by atoms with Crippen LogP contribution in [0.2, 0.25) is 5.02 Å². The normalized spacial score (nSPS) is 11.5. The fourth-order valence-corrected chi connectivity index (χ4v) is 5.32. The number of fused-ring (bicyclic) bond motifs is 3. The highest BCUT2D eigenvalue weighted by Crippen LogP contribution is 2.30. The molecule has 0 bridgehead atoms. The second-order valence-electron chi connectivity index (χ2n) is 10.5. The Kier molecular flexibility index (Phi) is 7.33. The molecule has 2 heterocycles. The van der Waals surface area contributed by atoms with Gasteiger partial charge < -0.3 is 14.5 Å². The van der Waals surface area contributed by atoms with E-state index in [9.17, 15) is 9.59 Å². The van der Waals surface area contributed by atoms with E-state index < -0.39 is 0 Å². The molecule has 9 heteroatoms. The van der Waals surface area contributed by atoms with Gasteiger partial charge in [0.2, 0.25) is 5.82 Å². The molecule has 2 aromatic heterocycles. The van der Waals surface area contributed by atoms with Gasteiger partial charge in [-0.3, -0.25) is 9.59 Å². The van der Waals surface area contributed by atoms with E-state index in [2.05, 4.69) is 10.4 Å². The van der Waals surface area contributed by atoms with Gasteiger partial charge in [0.15, 0.2) is 12.4 Å². The highest BCUT2D eigenvalue weighted by Gasteiger charge is 2.17. The molecule has 0 spiro atoms. The molecule has 1 N–H and O–H groups in total. The molecule has 8 nitrogen and oxygen atoms in total. The molecule has 0 fully saturated rings. The maximum Gasteiger partial charge on any atom is 0.282 e. The fraction of sp³-hybridized carbons (Fsp3) is 0.0556. The minimum atomic E-state index is -0.370. The molecule has 0 radical (unpaired) electrons. The third-order valence-electron chi connectivity index (χ3n) is 7.38. The van der Waals surface area contributed by atoms with E-state index >= 15 is 0 Å². The zero-order valence-corrected chi connectivity index (χ0v) is 24.8. The summed E-state index contributed by atoms with van der Waals surface area (Å²) in [5.74, 6) is 0.701. The number of carbonyl (C=O) groups is 1. The number of hydrogen-bond acceptors (Lipinski definition) is 6. The summed E-state index contributed by atoms with van der Waals surface area (Å²) in [4.78, 5) is 31.3. The van der Waals surface area contributed by atoms with Crippen LogP contribution in [0.1, 0.15) is 11.1 Å². The smallest absolute Gasteiger partial charge is 0.282 e. The second kappa shape index (κ2) is 11.7. The number of benzene rings is 5. The number of nitrogens with one attached hydrogen (secondary N) is 1. The average Bonchev–Trinajstić information content (AvgIpc) is 3.47. The third-order valence-corrected chi connectivity index (χ3v) is 7.61. The van der Waals surface area contributed by atoms with Crippen molar-refractivity contribution < 1.29 is 13.9 Å². The van der Waals surface area contributed by atoms with Crippen LogP contribution in [0.25, 0.3) is 44.2 Å². The highest BCUT2D eigenvalue weighted by molar-refractivity contribution is 6.31. The Morgan fingerprint density at radius 2 is 1.71 bits per heavy atom. The van der Waals surface area contributed by atoms with Gasteiger partial charge in [-0.05, 0) is 72.3 Å². The third kappa shape index (κ3) is 5.67. The standard InChI is InChI=1S/C36H25ClN4O4/c1-22-10-14-26(15-11-22)39-34(42)21-44-32-16-12-23-6-2-3-7-27(23)29(32)20-38-41-35(40-30-9-5-4-8-28(30)36(41)43)33-19-24-18-25(37)13-17-31(24)45-33/h2-20H,21H2,1H3,(H,39,42). The van der Waals surface area contributed by atoms with Gasteiger partial charge in [-0.15, -0.1) is 0 Å². The number of aromatic nitrogens is 2. The van der Waals surface area contributed by atoms with Gasteiger partial charge in [0, 0.05) is 21.7 Å². The topological polar surface area (TPSA) is 98.7 Å². The maximum absolute atomic E-state index is 13.8. The zero-order valence-electron chi connectivity index (χ0n) is 24.0. The lowest BCUT2D eigenvalue weighted by Crippen LogP contribution is -2.21. The number of amides is 1. The van der Waals surface area contributed by atoms with Crippen LogP contribution in [0.4, 0.5) is 5.69 Å². The van der Waals surface area contributed by atoms with Crippen molar-refractivity contribution in [2.75, 3.05) is 11.9 Å². The Morgan fingerprint density at radius 3 is 2.56 bits per heavy atom. The Labute approximate surface area is 262 Å².